The van der Waals surface area contributed by atoms with Gasteiger partial charge in [-0.15, -0.1) is 0 Å². The molecule has 1 aromatic rings. The zero-order chi connectivity index (χ0) is 12.1. The van der Waals surface area contributed by atoms with Crippen molar-refractivity contribution in [3.63, 3.8) is 0 Å². The monoisotopic (exact) mass is 242 g/mol. The van der Waals surface area contributed by atoms with Crippen molar-refractivity contribution in [2.45, 2.75) is 6.42 Å². The van der Waals surface area contributed by atoms with Crippen LogP contribution in [0.5, 0.6) is 0 Å². The number of carbonyl (C=O) groups excluding carboxylic acids is 1. The molecule has 1 rings (SSSR count). The first-order chi connectivity index (χ1) is 7.52. The van der Waals surface area contributed by atoms with Crippen LogP contribution in [0.4, 0.5) is 0 Å². The molecule has 16 heavy (non-hydrogen) atoms. The SMILES string of the molecule is CN(CCC(=O)O)C(=O)c1ccncc1Cl. The van der Waals surface area contributed by atoms with Crippen molar-refractivity contribution in [2.75, 3.05) is 13.6 Å². The molecule has 0 atom stereocenters. The quantitative estimate of drug-likeness (QED) is 0.864. The fourth-order valence-electron chi connectivity index (χ4n) is 1.12. The molecular formula is C10H11ClN2O3. The fraction of sp³-hybridized carbons (Fsp3) is 0.300. The number of hydrogen-bond donors (Lipinski definition) is 1. The van der Waals surface area contributed by atoms with Gasteiger partial charge < -0.3 is 10.0 Å². The summed E-state index contributed by atoms with van der Waals surface area (Å²) in [5, 5.41) is 8.75. The van der Waals surface area contributed by atoms with E-state index in [1.54, 1.807) is 0 Å². The summed E-state index contributed by atoms with van der Waals surface area (Å²) in [6.45, 7) is 0.146. The molecule has 1 aromatic heterocycles. The number of aliphatic carboxylic acids is 1. The lowest BCUT2D eigenvalue weighted by molar-refractivity contribution is -0.137. The predicted octanol–water partition coefficient (Wildman–Crippen LogP) is 1.28. The summed E-state index contributed by atoms with van der Waals surface area (Å²) in [4.78, 5) is 27.2. The van der Waals surface area contributed by atoms with Gasteiger partial charge in [-0.1, -0.05) is 11.6 Å². The zero-order valence-corrected chi connectivity index (χ0v) is 9.44. The van der Waals surface area contributed by atoms with E-state index in [4.69, 9.17) is 16.7 Å². The number of carboxylic acids is 1. The number of halogens is 1. The lowest BCUT2D eigenvalue weighted by atomic mass is 10.2. The molecule has 0 spiro atoms. The van der Waals surface area contributed by atoms with Crippen LogP contribution in [0.25, 0.3) is 0 Å². The molecule has 0 saturated carbocycles. The molecule has 0 aliphatic heterocycles. The molecule has 0 aromatic carbocycles. The van der Waals surface area contributed by atoms with Crippen molar-refractivity contribution in [2.24, 2.45) is 0 Å². The van der Waals surface area contributed by atoms with Crippen LogP contribution in [0.1, 0.15) is 16.8 Å². The highest BCUT2D eigenvalue weighted by Crippen LogP contribution is 2.15. The van der Waals surface area contributed by atoms with Crippen LogP contribution in [-0.2, 0) is 4.79 Å². The van der Waals surface area contributed by atoms with E-state index in [2.05, 4.69) is 4.98 Å². The Balaban J connectivity index is 2.71. The minimum Gasteiger partial charge on any atom is -0.481 e. The Morgan fingerprint density at radius 1 is 1.56 bits per heavy atom. The van der Waals surface area contributed by atoms with E-state index in [1.807, 2.05) is 0 Å². The maximum atomic E-state index is 11.8. The summed E-state index contributed by atoms with van der Waals surface area (Å²) in [7, 11) is 1.53. The van der Waals surface area contributed by atoms with Gasteiger partial charge in [-0.05, 0) is 6.07 Å². The standard InChI is InChI=1S/C10H11ClN2O3/c1-13(5-3-9(14)15)10(16)7-2-4-12-6-8(7)11/h2,4,6H,3,5H2,1H3,(H,14,15). The third-order valence-corrected chi connectivity index (χ3v) is 2.31. The van der Waals surface area contributed by atoms with Gasteiger partial charge >= 0.3 is 5.97 Å². The van der Waals surface area contributed by atoms with Gasteiger partial charge in [0.05, 0.1) is 17.0 Å². The van der Waals surface area contributed by atoms with Crippen LogP contribution < -0.4 is 0 Å². The summed E-state index contributed by atoms with van der Waals surface area (Å²) in [6.07, 6.45) is 2.74. The number of rotatable bonds is 4. The van der Waals surface area contributed by atoms with Crippen LogP contribution in [0, 0.1) is 0 Å². The smallest absolute Gasteiger partial charge is 0.305 e. The molecule has 0 saturated heterocycles. The molecule has 5 nitrogen and oxygen atoms in total. The molecule has 6 heteroatoms. The van der Waals surface area contributed by atoms with E-state index in [0.29, 0.717) is 5.56 Å². The minimum absolute atomic E-state index is 0.0923. The molecule has 0 aliphatic rings. The van der Waals surface area contributed by atoms with E-state index in [1.165, 1.54) is 30.4 Å². The van der Waals surface area contributed by atoms with E-state index in [9.17, 15) is 9.59 Å². The average Bonchev–Trinajstić information content (AvgIpc) is 2.25. The molecule has 0 aliphatic carbocycles. The van der Waals surface area contributed by atoms with E-state index in [-0.39, 0.29) is 23.9 Å². The van der Waals surface area contributed by atoms with Crippen molar-refractivity contribution < 1.29 is 14.7 Å². The zero-order valence-electron chi connectivity index (χ0n) is 8.68. The van der Waals surface area contributed by atoms with E-state index >= 15 is 0 Å². The first-order valence-corrected chi connectivity index (χ1v) is 4.97. The lowest BCUT2D eigenvalue weighted by Gasteiger charge is -2.16. The van der Waals surface area contributed by atoms with Crippen LogP contribution in [0.3, 0.4) is 0 Å². The van der Waals surface area contributed by atoms with E-state index < -0.39 is 5.97 Å². The number of carbonyl (C=O) groups is 2. The molecule has 1 heterocycles. The Kier molecular flexibility index (Phi) is 4.25. The molecule has 0 radical (unpaired) electrons. The van der Waals surface area contributed by atoms with Gasteiger partial charge in [-0.2, -0.15) is 0 Å². The first-order valence-electron chi connectivity index (χ1n) is 4.59. The van der Waals surface area contributed by atoms with Gasteiger partial charge in [-0.3, -0.25) is 14.6 Å². The average molecular weight is 243 g/mol. The maximum absolute atomic E-state index is 11.8. The summed E-state index contributed by atoms with van der Waals surface area (Å²) >= 11 is 5.80. The van der Waals surface area contributed by atoms with Crippen molar-refractivity contribution in [1.29, 1.82) is 0 Å². The lowest BCUT2D eigenvalue weighted by Crippen LogP contribution is -2.29. The molecular weight excluding hydrogens is 232 g/mol. The third-order valence-electron chi connectivity index (χ3n) is 2.01. The highest BCUT2D eigenvalue weighted by molar-refractivity contribution is 6.33. The van der Waals surface area contributed by atoms with Crippen LogP contribution >= 0.6 is 11.6 Å². The molecule has 0 fully saturated rings. The van der Waals surface area contributed by atoms with Crippen LogP contribution in [0.2, 0.25) is 5.02 Å². The number of amides is 1. The third kappa shape index (κ3) is 3.20. The first kappa shape index (κ1) is 12.4. The van der Waals surface area contributed by atoms with Gasteiger partial charge in [0.2, 0.25) is 0 Å². The molecule has 86 valence electrons. The summed E-state index contributed by atoms with van der Waals surface area (Å²) < 4.78 is 0. The Bertz CT molecular complexity index is 409. The number of hydrogen-bond acceptors (Lipinski definition) is 3. The number of nitrogens with zero attached hydrogens (tertiary/aromatic N) is 2. The molecule has 0 bridgehead atoms. The summed E-state index contributed by atoms with van der Waals surface area (Å²) in [5.41, 5.74) is 0.324. The second-order valence-corrected chi connectivity index (χ2v) is 3.63. The largest absolute Gasteiger partial charge is 0.481 e. The van der Waals surface area contributed by atoms with Gasteiger partial charge in [-0.25, -0.2) is 0 Å². The second-order valence-electron chi connectivity index (χ2n) is 3.23. The second kappa shape index (κ2) is 5.46. The van der Waals surface area contributed by atoms with Crippen LogP contribution in [-0.4, -0.2) is 40.5 Å². The van der Waals surface area contributed by atoms with E-state index in [0.717, 1.165) is 0 Å². The highest BCUT2D eigenvalue weighted by Gasteiger charge is 2.15. The van der Waals surface area contributed by atoms with Gasteiger partial charge in [0.25, 0.3) is 5.91 Å². The van der Waals surface area contributed by atoms with Crippen molar-refractivity contribution in [1.82, 2.24) is 9.88 Å². The Morgan fingerprint density at radius 2 is 2.25 bits per heavy atom. The molecule has 1 amide bonds. The van der Waals surface area contributed by atoms with Crippen LogP contribution in [0.15, 0.2) is 18.5 Å². The van der Waals surface area contributed by atoms with Gasteiger partial charge in [0.1, 0.15) is 0 Å². The summed E-state index contributed by atoms with van der Waals surface area (Å²) in [6, 6.07) is 1.50. The predicted molar refractivity (Wildman–Crippen MR) is 58.5 cm³/mol. The van der Waals surface area contributed by atoms with Crippen molar-refractivity contribution >= 4 is 23.5 Å². The minimum atomic E-state index is -0.944. The maximum Gasteiger partial charge on any atom is 0.305 e. The number of carboxylic acid groups (broad SMARTS) is 1. The number of pyridine rings is 1. The van der Waals surface area contributed by atoms with Gasteiger partial charge in [0.15, 0.2) is 0 Å². The number of aromatic nitrogens is 1. The molecule has 1 N–H and O–H groups in total. The Hall–Kier alpha value is -1.62. The summed E-state index contributed by atoms with van der Waals surface area (Å²) in [5.74, 6) is -1.26. The highest BCUT2D eigenvalue weighted by atomic mass is 35.5. The topological polar surface area (TPSA) is 70.5 Å². The Labute approximate surface area is 97.7 Å². The van der Waals surface area contributed by atoms with Crippen molar-refractivity contribution in [3.8, 4) is 0 Å². The van der Waals surface area contributed by atoms with Crippen molar-refractivity contribution in [3.05, 3.63) is 29.0 Å². The fourth-order valence-corrected chi connectivity index (χ4v) is 1.32. The Morgan fingerprint density at radius 3 is 2.81 bits per heavy atom. The van der Waals surface area contributed by atoms with Gasteiger partial charge in [0, 0.05) is 26.0 Å². The molecule has 0 unspecified atom stereocenters. The normalized spacial score (nSPS) is 9.88.